The van der Waals surface area contributed by atoms with E-state index in [2.05, 4.69) is 24.8 Å². The smallest absolute Gasteiger partial charge is 0.354 e. The monoisotopic (exact) mass is 734 g/mol. The number of pyridine rings is 5. The van der Waals surface area contributed by atoms with Gasteiger partial charge < -0.3 is 25.8 Å². The van der Waals surface area contributed by atoms with Crippen LogP contribution in [0.1, 0.15) is 84.2 Å². The van der Waals surface area contributed by atoms with Gasteiger partial charge in [0.1, 0.15) is 22.8 Å². The zero-order chi connectivity index (χ0) is 38.5. The molecule has 5 N–H and O–H groups in total. The van der Waals surface area contributed by atoms with Crippen LogP contribution in [0.25, 0.3) is 0 Å². The van der Waals surface area contributed by atoms with E-state index >= 15 is 0 Å². The average molecular weight is 735 g/mol. The van der Waals surface area contributed by atoms with Crippen molar-refractivity contribution in [3.05, 3.63) is 142 Å². The van der Waals surface area contributed by atoms with Gasteiger partial charge in [0.05, 0.1) is 40.8 Å². The number of rotatable bonds is 20. The third kappa shape index (κ3) is 11.9. The lowest BCUT2D eigenvalue weighted by Gasteiger charge is -2.24. The fraction of sp³-hybridized carbons (Fsp3) is 0.282. The van der Waals surface area contributed by atoms with Gasteiger partial charge in [0, 0.05) is 57.1 Å². The van der Waals surface area contributed by atoms with Crippen molar-refractivity contribution in [2.24, 2.45) is 5.73 Å². The van der Waals surface area contributed by atoms with Gasteiger partial charge in [0.25, 0.3) is 0 Å². The molecule has 5 rings (SSSR count). The first-order chi connectivity index (χ1) is 26.0. The first-order valence-corrected chi connectivity index (χ1v) is 17.3. The number of ether oxygens (including phenoxy) is 1. The molecule has 0 spiro atoms. The van der Waals surface area contributed by atoms with Crippen molar-refractivity contribution in [2.45, 2.75) is 59.0 Å². The lowest BCUT2D eigenvalue weighted by atomic mass is 10.2. The molecule has 0 aliphatic carbocycles. The molecule has 0 unspecified atom stereocenters. The van der Waals surface area contributed by atoms with Crippen LogP contribution in [-0.2, 0) is 39.3 Å². The van der Waals surface area contributed by atoms with E-state index in [9.17, 15) is 29.7 Å². The maximum absolute atomic E-state index is 11.7. The number of unbranched alkanes of at least 4 members (excludes halogenated alkanes) is 1. The molecule has 5 aromatic heterocycles. The minimum Gasteiger partial charge on any atom is -0.493 e. The molecule has 0 saturated carbocycles. The van der Waals surface area contributed by atoms with E-state index in [4.69, 9.17) is 15.5 Å². The number of aryl methyl sites for hydroxylation is 1. The highest BCUT2D eigenvalue weighted by molar-refractivity contribution is 5.86. The zero-order valence-electron chi connectivity index (χ0n) is 29.8. The number of carboxylic acid groups (broad SMARTS) is 3. The second-order valence-electron chi connectivity index (χ2n) is 12.6. The van der Waals surface area contributed by atoms with Crippen LogP contribution in [0.4, 0.5) is 0 Å². The summed E-state index contributed by atoms with van der Waals surface area (Å²) in [7, 11) is 0. The molecule has 0 saturated heterocycles. The van der Waals surface area contributed by atoms with Gasteiger partial charge in [-0.2, -0.15) is 0 Å². The van der Waals surface area contributed by atoms with Gasteiger partial charge in [-0.25, -0.2) is 29.3 Å². The summed E-state index contributed by atoms with van der Waals surface area (Å²) in [6.07, 6.45) is 1.55. The summed E-state index contributed by atoms with van der Waals surface area (Å²) in [5.74, 6) is -2.84. The van der Waals surface area contributed by atoms with E-state index in [1.165, 1.54) is 18.2 Å². The van der Waals surface area contributed by atoms with Crippen LogP contribution in [0.3, 0.4) is 0 Å². The molecule has 0 aliphatic rings. The summed E-state index contributed by atoms with van der Waals surface area (Å²) >= 11 is 0. The summed E-state index contributed by atoms with van der Waals surface area (Å²) in [6, 6.07) is 23.9. The summed E-state index contributed by atoms with van der Waals surface area (Å²) in [5.41, 5.74) is 9.98. The van der Waals surface area contributed by atoms with Gasteiger partial charge in [-0.3, -0.25) is 19.8 Å². The van der Waals surface area contributed by atoms with E-state index in [1.807, 2.05) is 42.2 Å². The van der Waals surface area contributed by atoms with E-state index in [0.29, 0.717) is 67.0 Å². The van der Waals surface area contributed by atoms with Crippen LogP contribution in [0.2, 0.25) is 0 Å². The van der Waals surface area contributed by atoms with Crippen molar-refractivity contribution in [1.29, 1.82) is 0 Å². The molecule has 0 bridgehead atoms. The number of carbonyl (C=O) groups is 3. The van der Waals surface area contributed by atoms with E-state index in [1.54, 1.807) is 36.4 Å². The predicted molar refractivity (Wildman–Crippen MR) is 196 cm³/mol. The number of nitrogens with two attached hydrogens (primary N) is 1. The molecule has 15 heteroatoms. The molecule has 5 heterocycles. The number of carboxylic acids is 3. The Morgan fingerprint density at radius 2 is 0.944 bits per heavy atom. The number of hydrogen-bond donors (Lipinski definition) is 4. The summed E-state index contributed by atoms with van der Waals surface area (Å²) in [6.45, 7) is 4.59. The predicted octanol–water partition coefficient (Wildman–Crippen LogP) is 4.59. The Bertz CT molecular complexity index is 2020. The van der Waals surface area contributed by atoms with Crippen LogP contribution in [0.15, 0.2) is 84.9 Å². The van der Waals surface area contributed by atoms with E-state index < -0.39 is 17.9 Å². The minimum atomic E-state index is -1.15. The van der Waals surface area contributed by atoms with Crippen LogP contribution in [0, 0.1) is 6.92 Å². The van der Waals surface area contributed by atoms with Crippen molar-refractivity contribution in [3.63, 3.8) is 0 Å². The van der Waals surface area contributed by atoms with Crippen molar-refractivity contribution < 1.29 is 34.4 Å². The van der Waals surface area contributed by atoms with E-state index in [0.717, 1.165) is 24.2 Å². The number of aromatic nitrogens is 5. The first kappa shape index (κ1) is 39.1. The second kappa shape index (κ2) is 19.1. The first-order valence-electron chi connectivity index (χ1n) is 17.3. The quantitative estimate of drug-likeness (QED) is 0.0804. The Kier molecular flexibility index (Phi) is 13.8. The van der Waals surface area contributed by atoms with Crippen molar-refractivity contribution in [3.8, 4) is 5.75 Å². The Morgan fingerprint density at radius 3 is 1.33 bits per heavy atom. The standard InChI is InChI=1S/C39H42N8O7/c1-26-8-4-9-27(41-26)20-46(21-28-10-5-13-34(43-28)37(48)49)24-31-18-33(54-17-3-2-16-40)19-32(42-31)25-47(22-29-11-6-14-35(44-29)38(50)51)23-30-12-7-15-36(45-30)39(52)53/h4-15,18-19H,2-3,16-17,20-25,40H2,1H3,(H,48,49)(H,50,51)(H,52,53). The third-order valence-electron chi connectivity index (χ3n) is 8.11. The molecule has 0 aromatic carbocycles. The third-order valence-corrected chi connectivity index (χ3v) is 8.11. The normalized spacial score (nSPS) is 11.2. The van der Waals surface area contributed by atoms with Gasteiger partial charge in [-0.05, 0) is 74.8 Å². The van der Waals surface area contributed by atoms with Crippen LogP contribution >= 0.6 is 0 Å². The van der Waals surface area contributed by atoms with Crippen molar-refractivity contribution >= 4 is 17.9 Å². The molecule has 5 aromatic rings. The number of aromatic carboxylic acids is 3. The highest BCUT2D eigenvalue weighted by Crippen LogP contribution is 2.21. The average Bonchev–Trinajstić information content (AvgIpc) is 3.13. The highest BCUT2D eigenvalue weighted by Gasteiger charge is 2.18. The van der Waals surface area contributed by atoms with E-state index in [-0.39, 0.29) is 36.7 Å². The van der Waals surface area contributed by atoms with Crippen LogP contribution in [0.5, 0.6) is 5.75 Å². The van der Waals surface area contributed by atoms with Gasteiger partial charge in [0.2, 0.25) is 0 Å². The Morgan fingerprint density at radius 1 is 0.556 bits per heavy atom. The molecule has 15 nitrogen and oxygen atoms in total. The highest BCUT2D eigenvalue weighted by atomic mass is 16.5. The van der Waals surface area contributed by atoms with Crippen LogP contribution < -0.4 is 10.5 Å². The lowest BCUT2D eigenvalue weighted by Crippen LogP contribution is -2.26. The topological polar surface area (TPSA) is 218 Å². The van der Waals surface area contributed by atoms with Gasteiger partial charge >= 0.3 is 17.9 Å². The Balaban J connectivity index is 1.49. The molecular formula is C39H42N8O7. The summed E-state index contributed by atoms with van der Waals surface area (Å²) < 4.78 is 6.19. The SMILES string of the molecule is Cc1cccc(CN(Cc2cc(OCCCCN)cc(CN(Cc3cccc(C(=O)O)n3)Cc3cccc(C(=O)O)n3)n2)Cc2cccc(C(=O)O)n2)n1. The number of hydrogen-bond acceptors (Lipinski definition) is 12. The molecule has 0 radical (unpaired) electrons. The maximum Gasteiger partial charge on any atom is 0.354 e. The number of nitrogens with zero attached hydrogens (tertiary/aromatic N) is 7. The Labute approximate surface area is 312 Å². The molecule has 0 fully saturated rings. The molecular weight excluding hydrogens is 692 g/mol. The van der Waals surface area contributed by atoms with Gasteiger partial charge in [-0.1, -0.05) is 24.3 Å². The molecule has 280 valence electrons. The minimum absolute atomic E-state index is 0.0544. The summed E-state index contributed by atoms with van der Waals surface area (Å²) in [5, 5.41) is 28.7. The summed E-state index contributed by atoms with van der Waals surface area (Å²) in [4.78, 5) is 61.8. The lowest BCUT2D eigenvalue weighted by molar-refractivity contribution is 0.0679. The van der Waals surface area contributed by atoms with Gasteiger partial charge in [0.15, 0.2) is 0 Å². The Hall–Kier alpha value is -6.16. The molecule has 54 heavy (non-hydrogen) atoms. The largest absolute Gasteiger partial charge is 0.493 e. The zero-order valence-corrected chi connectivity index (χ0v) is 29.8. The van der Waals surface area contributed by atoms with Crippen molar-refractivity contribution in [1.82, 2.24) is 34.7 Å². The maximum atomic E-state index is 11.7. The van der Waals surface area contributed by atoms with Gasteiger partial charge in [-0.15, -0.1) is 0 Å². The molecule has 0 amide bonds. The fourth-order valence-corrected chi connectivity index (χ4v) is 5.76. The molecule has 0 aliphatic heterocycles. The van der Waals surface area contributed by atoms with Crippen molar-refractivity contribution in [2.75, 3.05) is 13.2 Å². The fourth-order valence-electron chi connectivity index (χ4n) is 5.76. The van der Waals surface area contributed by atoms with Crippen LogP contribution in [-0.4, -0.2) is 81.1 Å². The molecule has 0 atom stereocenters. The second-order valence-corrected chi connectivity index (χ2v) is 12.6.